The van der Waals surface area contributed by atoms with E-state index >= 15 is 0 Å². The summed E-state index contributed by atoms with van der Waals surface area (Å²) in [6.45, 7) is 0. The molecule has 52 valence electrons. The molecule has 0 aromatic rings. The number of halogens is 2. The maximum Gasteiger partial charge on any atom is 0.340 e. The third-order valence-corrected chi connectivity index (χ3v) is 0.868. The molecule has 0 rings (SSSR count). The van der Waals surface area contributed by atoms with Gasteiger partial charge in [0.1, 0.15) is 0 Å². The van der Waals surface area contributed by atoms with Crippen molar-refractivity contribution in [2.45, 2.75) is 4.96 Å². The van der Waals surface area contributed by atoms with E-state index in [1.165, 1.54) is 0 Å². The van der Waals surface area contributed by atoms with Crippen LogP contribution in [0, 0.1) is 4.91 Å². The summed E-state index contributed by atoms with van der Waals surface area (Å²) in [4.78, 5) is 18.3. The van der Waals surface area contributed by atoms with E-state index in [-0.39, 0.29) is 5.01 Å². The second kappa shape index (κ2) is 3.47. The van der Waals surface area contributed by atoms with Crippen LogP contribution in [0.15, 0.2) is 5.29 Å². The highest BCUT2D eigenvalue weighted by molar-refractivity contribution is 6.44. The third kappa shape index (κ3) is 2.48. The molecule has 0 aliphatic rings. The lowest BCUT2D eigenvalue weighted by Gasteiger charge is -2.08. The van der Waals surface area contributed by atoms with Crippen molar-refractivity contribution >= 4 is 29.2 Å². The van der Waals surface area contributed by atoms with Gasteiger partial charge in [-0.2, -0.15) is 0 Å². The molecule has 0 unspecified atom stereocenters. The van der Waals surface area contributed by atoms with Crippen molar-refractivity contribution in [1.82, 2.24) is 5.01 Å². The predicted octanol–water partition coefficient (Wildman–Crippen LogP) is 0.810. The van der Waals surface area contributed by atoms with Gasteiger partial charge in [0.05, 0.1) is 5.29 Å². The Kier molecular flexibility index (Phi) is 3.26. The lowest BCUT2D eigenvalue weighted by atomic mass is 11.0. The van der Waals surface area contributed by atoms with Crippen LogP contribution in [0.2, 0.25) is 0 Å². The van der Waals surface area contributed by atoms with Crippen molar-refractivity contribution in [3.63, 3.8) is 0 Å². The molecule has 5 nitrogen and oxygen atoms in total. The van der Waals surface area contributed by atoms with E-state index in [2.05, 4.69) is 11.0 Å². The highest BCUT2D eigenvalue weighted by atomic mass is 35.5. The number of carbonyl (C=O) groups excluding carboxylic acids is 1. The summed E-state index contributed by atoms with van der Waals surface area (Å²) >= 11 is 10.1. The zero-order valence-corrected chi connectivity index (χ0v) is 5.63. The summed E-state index contributed by atoms with van der Waals surface area (Å²) in [7, 11) is 0. The number of rotatable bonds is 2. The molecule has 0 aliphatic carbocycles. The molecule has 2 amide bonds. The van der Waals surface area contributed by atoms with Crippen molar-refractivity contribution in [3.05, 3.63) is 4.91 Å². The van der Waals surface area contributed by atoms with Gasteiger partial charge in [-0.3, -0.25) is 0 Å². The number of primary amides is 1. The fourth-order valence-electron chi connectivity index (χ4n) is 0.172. The summed E-state index contributed by atoms with van der Waals surface area (Å²) in [5.74, 6) is 0. The molecule has 7 heteroatoms. The smallest absolute Gasteiger partial charge is 0.340 e. The molecular weight excluding hydrogens is 169 g/mol. The monoisotopic (exact) mass is 171 g/mol. The van der Waals surface area contributed by atoms with E-state index in [9.17, 15) is 9.70 Å². The molecule has 9 heavy (non-hydrogen) atoms. The minimum atomic E-state index is -1.32. The van der Waals surface area contributed by atoms with Crippen LogP contribution >= 0.6 is 23.2 Å². The molecule has 0 aromatic carbocycles. The van der Waals surface area contributed by atoms with Gasteiger partial charge in [0, 0.05) is 0 Å². The van der Waals surface area contributed by atoms with E-state index in [1.54, 1.807) is 0 Å². The summed E-state index contributed by atoms with van der Waals surface area (Å²) in [6.07, 6.45) is 0. The van der Waals surface area contributed by atoms with Gasteiger partial charge in [-0.1, -0.05) is 23.2 Å². The van der Waals surface area contributed by atoms with Crippen molar-refractivity contribution in [1.29, 1.82) is 0 Å². The predicted molar refractivity (Wildman–Crippen MR) is 32.7 cm³/mol. The van der Waals surface area contributed by atoms with E-state index in [1.807, 2.05) is 0 Å². The third-order valence-electron chi connectivity index (χ3n) is 0.499. The molecule has 0 aromatic heterocycles. The largest absolute Gasteiger partial charge is 0.350 e. The van der Waals surface area contributed by atoms with Crippen LogP contribution in [0.1, 0.15) is 0 Å². The lowest BCUT2D eigenvalue weighted by Crippen LogP contribution is -2.33. The molecule has 2 N–H and O–H groups in total. The second-order valence-corrected chi connectivity index (χ2v) is 2.09. The molecule has 0 heterocycles. The lowest BCUT2D eigenvalue weighted by molar-refractivity contribution is 0.213. The Labute approximate surface area is 60.6 Å². The number of alkyl halides is 2. The van der Waals surface area contributed by atoms with Gasteiger partial charge in [0.25, 0.3) is 0 Å². The first-order valence-electron chi connectivity index (χ1n) is 1.79. The van der Waals surface area contributed by atoms with E-state index < -0.39 is 11.0 Å². The van der Waals surface area contributed by atoms with Gasteiger partial charge in [0.2, 0.25) is 4.96 Å². The van der Waals surface area contributed by atoms with Gasteiger partial charge in [0.15, 0.2) is 0 Å². The molecule has 0 radical (unpaired) electrons. The Balaban J connectivity index is 3.98. The number of nitrogens with zero attached hydrogens (tertiary/aromatic N) is 2. The number of hydrogen-bond acceptors (Lipinski definition) is 3. The van der Waals surface area contributed by atoms with Crippen LogP contribution in [-0.2, 0) is 0 Å². The molecule has 0 saturated carbocycles. The number of urea groups is 1. The molecule has 0 saturated heterocycles. The normalized spacial score (nSPS) is 9.22. The molecule has 0 fully saturated rings. The first-order chi connectivity index (χ1) is 4.09. The first-order valence-corrected chi connectivity index (χ1v) is 2.67. The highest BCUT2D eigenvalue weighted by Gasteiger charge is 2.16. The van der Waals surface area contributed by atoms with Gasteiger partial charge in [-0.05, 0) is 0 Å². The van der Waals surface area contributed by atoms with Crippen molar-refractivity contribution in [2.75, 3.05) is 0 Å². The Morgan fingerprint density at radius 3 is 2.11 bits per heavy atom. The zero-order chi connectivity index (χ0) is 7.44. The summed E-state index contributed by atoms with van der Waals surface area (Å²) in [5, 5.41) is 2.33. The number of amides is 2. The standard InChI is InChI=1S/C2H3Cl2N3O2/c3-1(4)7(6-9)2(5)8/h1H,(H2,5,8). The van der Waals surface area contributed by atoms with Crippen LogP contribution in [0.5, 0.6) is 0 Å². The topological polar surface area (TPSA) is 75.8 Å². The quantitative estimate of drug-likeness (QED) is 0.289. The average molecular weight is 172 g/mol. The van der Waals surface area contributed by atoms with Crippen LogP contribution in [-0.4, -0.2) is 16.0 Å². The summed E-state index contributed by atoms with van der Waals surface area (Å²) < 4.78 is 0. The second-order valence-electron chi connectivity index (χ2n) is 1.04. The van der Waals surface area contributed by atoms with Crippen molar-refractivity contribution in [2.24, 2.45) is 11.0 Å². The number of nitroso groups, excluding NO2 is 1. The highest BCUT2D eigenvalue weighted by Crippen LogP contribution is 2.08. The fraction of sp³-hybridized carbons (Fsp3) is 0.500. The molecule has 0 atom stereocenters. The summed E-state index contributed by atoms with van der Waals surface area (Å²) in [5.41, 5.74) is 4.57. The number of carbonyl (C=O) groups is 1. The van der Waals surface area contributed by atoms with E-state index in [0.29, 0.717) is 0 Å². The maximum absolute atomic E-state index is 10.1. The van der Waals surface area contributed by atoms with Crippen molar-refractivity contribution < 1.29 is 4.79 Å². The zero-order valence-electron chi connectivity index (χ0n) is 4.12. The van der Waals surface area contributed by atoms with Crippen LogP contribution in [0.3, 0.4) is 0 Å². The number of nitrogens with two attached hydrogens (primary N) is 1. The van der Waals surface area contributed by atoms with Gasteiger partial charge >= 0.3 is 6.03 Å². The van der Waals surface area contributed by atoms with Crippen LogP contribution in [0.25, 0.3) is 0 Å². The van der Waals surface area contributed by atoms with E-state index in [4.69, 9.17) is 23.2 Å². The maximum atomic E-state index is 10.1. The van der Waals surface area contributed by atoms with Crippen LogP contribution in [0.4, 0.5) is 4.79 Å². The Hall–Kier alpha value is -0.550. The van der Waals surface area contributed by atoms with Gasteiger partial charge in [-0.25, -0.2) is 4.79 Å². The minimum Gasteiger partial charge on any atom is -0.350 e. The molecule has 0 bridgehead atoms. The fourth-order valence-corrected chi connectivity index (χ4v) is 0.436. The summed E-state index contributed by atoms with van der Waals surface area (Å²) in [6, 6.07) is -1.08. The van der Waals surface area contributed by atoms with Gasteiger partial charge < -0.3 is 5.73 Å². The van der Waals surface area contributed by atoms with Gasteiger partial charge in [-0.15, -0.1) is 9.92 Å². The Morgan fingerprint density at radius 1 is 1.67 bits per heavy atom. The molecule has 0 aliphatic heterocycles. The minimum absolute atomic E-state index is 0.198. The van der Waals surface area contributed by atoms with Crippen molar-refractivity contribution in [3.8, 4) is 0 Å². The Morgan fingerprint density at radius 2 is 2.11 bits per heavy atom. The van der Waals surface area contributed by atoms with E-state index in [0.717, 1.165) is 0 Å². The SMILES string of the molecule is NC(=O)N(N=O)C(Cl)Cl. The molecular formula is C2H3Cl2N3O2. The van der Waals surface area contributed by atoms with Crippen LogP contribution < -0.4 is 5.73 Å². The Bertz CT molecular complexity index is 127. The first kappa shape index (κ1) is 8.45. The number of hydrogen-bond donors (Lipinski definition) is 1. The molecule has 0 spiro atoms. The average Bonchev–Trinajstić information content (AvgIpc) is 1.64.